The monoisotopic (exact) mass is 256 g/mol. The molecule has 2 aliphatic rings. The van der Waals surface area contributed by atoms with Crippen molar-refractivity contribution < 1.29 is 14.3 Å². The maximum atomic E-state index is 12.0. The van der Waals surface area contributed by atoms with Crippen molar-refractivity contribution >= 4 is 6.09 Å². The van der Waals surface area contributed by atoms with Crippen molar-refractivity contribution in [1.82, 2.24) is 4.90 Å². The fraction of sp³-hybridized carbons (Fsp3) is 0.923. The van der Waals surface area contributed by atoms with Crippen molar-refractivity contribution in [3.8, 4) is 0 Å². The predicted octanol–water partition coefficient (Wildman–Crippen LogP) is 1.36. The Hall–Kier alpha value is -0.810. The van der Waals surface area contributed by atoms with Gasteiger partial charge < -0.3 is 20.1 Å². The van der Waals surface area contributed by atoms with Gasteiger partial charge in [-0.1, -0.05) is 0 Å². The Bertz CT molecular complexity index is 314. The van der Waals surface area contributed by atoms with Gasteiger partial charge in [0, 0.05) is 19.0 Å². The van der Waals surface area contributed by atoms with E-state index in [-0.39, 0.29) is 18.3 Å². The van der Waals surface area contributed by atoms with E-state index in [1.807, 2.05) is 20.8 Å². The fourth-order valence-electron chi connectivity index (χ4n) is 2.64. The van der Waals surface area contributed by atoms with Gasteiger partial charge in [0.15, 0.2) is 0 Å². The quantitative estimate of drug-likeness (QED) is 0.769. The van der Waals surface area contributed by atoms with Crippen molar-refractivity contribution in [3.05, 3.63) is 0 Å². The zero-order valence-electron chi connectivity index (χ0n) is 11.5. The van der Waals surface area contributed by atoms with Gasteiger partial charge in [0.2, 0.25) is 0 Å². The van der Waals surface area contributed by atoms with Crippen LogP contribution >= 0.6 is 0 Å². The summed E-state index contributed by atoms with van der Waals surface area (Å²) in [6, 6.07) is 0. The summed E-state index contributed by atoms with van der Waals surface area (Å²) in [5.74, 6) is 0.445. The first-order valence-corrected chi connectivity index (χ1v) is 6.72. The minimum absolute atomic E-state index is 0.139. The Balaban J connectivity index is 1.90. The third-order valence-electron chi connectivity index (χ3n) is 3.52. The Kier molecular flexibility index (Phi) is 3.82. The number of fused-ring (bicyclic) bond motifs is 1. The molecule has 2 heterocycles. The molecular formula is C13H24N2O3. The van der Waals surface area contributed by atoms with E-state index in [2.05, 4.69) is 0 Å². The van der Waals surface area contributed by atoms with E-state index >= 15 is 0 Å². The number of carbonyl (C=O) groups is 1. The minimum Gasteiger partial charge on any atom is -0.444 e. The van der Waals surface area contributed by atoms with E-state index < -0.39 is 5.60 Å². The number of ether oxygens (including phenoxy) is 2. The predicted molar refractivity (Wildman–Crippen MR) is 68.2 cm³/mol. The smallest absolute Gasteiger partial charge is 0.410 e. The average Bonchev–Trinajstić information content (AvgIpc) is 2.69. The number of nitrogens with zero attached hydrogens (tertiary/aromatic N) is 1. The van der Waals surface area contributed by atoms with Gasteiger partial charge in [-0.15, -0.1) is 0 Å². The zero-order valence-corrected chi connectivity index (χ0v) is 11.5. The Morgan fingerprint density at radius 3 is 2.72 bits per heavy atom. The second-order valence-electron chi connectivity index (χ2n) is 6.26. The molecule has 0 bridgehead atoms. The highest BCUT2D eigenvalue weighted by atomic mass is 16.6. The van der Waals surface area contributed by atoms with E-state index in [0.29, 0.717) is 19.0 Å². The SMILES string of the molecule is CC(C)(C)OC(=O)N1C[C@@H]2CC[C@@H](CN)O[C@H]2C1. The van der Waals surface area contributed by atoms with Gasteiger partial charge in [-0.25, -0.2) is 4.79 Å². The molecule has 2 rings (SSSR count). The normalized spacial score (nSPS) is 32.2. The highest BCUT2D eigenvalue weighted by Gasteiger charge is 2.41. The molecule has 5 heteroatoms. The summed E-state index contributed by atoms with van der Waals surface area (Å²) in [6.07, 6.45) is 2.15. The first-order chi connectivity index (χ1) is 8.39. The minimum atomic E-state index is -0.439. The summed E-state index contributed by atoms with van der Waals surface area (Å²) >= 11 is 0. The molecule has 0 unspecified atom stereocenters. The molecule has 3 atom stereocenters. The molecule has 0 aromatic heterocycles. The third kappa shape index (κ3) is 3.14. The fourth-order valence-corrected chi connectivity index (χ4v) is 2.64. The van der Waals surface area contributed by atoms with Gasteiger partial charge in [-0.3, -0.25) is 0 Å². The van der Waals surface area contributed by atoms with Crippen molar-refractivity contribution in [3.63, 3.8) is 0 Å². The maximum Gasteiger partial charge on any atom is 0.410 e. The molecule has 5 nitrogen and oxygen atoms in total. The lowest BCUT2D eigenvalue weighted by Crippen LogP contribution is -2.38. The van der Waals surface area contributed by atoms with E-state index in [1.54, 1.807) is 4.90 Å². The van der Waals surface area contributed by atoms with Crippen LogP contribution in [-0.2, 0) is 9.47 Å². The van der Waals surface area contributed by atoms with Crippen LogP contribution in [0.4, 0.5) is 4.79 Å². The molecule has 0 spiro atoms. The van der Waals surface area contributed by atoms with Crippen LogP contribution in [-0.4, -0.2) is 48.4 Å². The summed E-state index contributed by atoms with van der Waals surface area (Å²) in [4.78, 5) is 13.7. The van der Waals surface area contributed by atoms with Crippen LogP contribution in [0.1, 0.15) is 33.6 Å². The summed E-state index contributed by atoms with van der Waals surface area (Å²) in [5.41, 5.74) is 5.19. The highest BCUT2D eigenvalue weighted by molar-refractivity contribution is 5.68. The van der Waals surface area contributed by atoms with Gasteiger partial charge in [0.05, 0.1) is 18.8 Å². The second-order valence-corrected chi connectivity index (χ2v) is 6.26. The lowest BCUT2D eigenvalue weighted by Gasteiger charge is -2.30. The van der Waals surface area contributed by atoms with Crippen LogP contribution in [0.3, 0.4) is 0 Å². The lowest BCUT2D eigenvalue weighted by atomic mass is 9.94. The van der Waals surface area contributed by atoms with Crippen LogP contribution in [0.5, 0.6) is 0 Å². The van der Waals surface area contributed by atoms with Crippen LogP contribution in [0.2, 0.25) is 0 Å². The van der Waals surface area contributed by atoms with Crippen molar-refractivity contribution in [2.45, 2.75) is 51.4 Å². The summed E-state index contributed by atoms with van der Waals surface area (Å²) in [6.45, 7) is 7.60. The van der Waals surface area contributed by atoms with Crippen LogP contribution in [0, 0.1) is 5.92 Å². The number of likely N-dealkylation sites (tertiary alicyclic amines) is 1. The molecule has 0 aromatic rings. The summed E-state index contributed by atoms with van der Waals surface area (Å²) < 4.78 is 11.3. The number of amides is 1. The molecule has 0 radical (unpaired) electrons. The molecule has 2 fully saturated rings. The van der Waals surface area contributed by atoms with E-state index in [9.17, 15) is 4.79 Å². The van der Waals surface area contributed by atoms with Gasteiger partial charge in [0.25, 0.3) is 0 Å². The number of nitrogens with two attached hydrogens (primary N) is 1. The van der Waals surface area contributed by atoms with E-state index in [4.69, 9.17) is 15.2 Å². The van der Waals surface area contributed by atoms with Gasteiger partial charge >= 0.3 is 6.09 Å². The standard InChI is InChI=1S/C13H24N2O3/c1-13(2,3)18-12(16)15-7-9-4-5-10(6-14)17-11(9)8-15/h9-11H,4-8,14H2,1-3H3/t9-,10-,11-/m0/s1. The molecule has 0 aliphatic carbocycles. The van der Waals surface area contributed by atoms with Gasteiger partial charge in [0.1, 0.15) is 5.60 Å². The number of hydrogen-bond acceptors (Lipinski definition) is 4. The topological polar surface area (TPSA) is 64.8 Å². The van der Waals surface area contributed by atoms with E-state index in [1.165, 1.54) is 0 Å². The second kappa shape index (κ2) is 5.05. The largest absolute Gasteiger partial charge is 0.444 e. The highest BCUT2D eigenvalue weighted by Crippen LogP contribution is 2.31. The Morgan fingerprint density at radius 1 is 1.39 bits per heavy atom. The van der Waals surface area contributed by atoms with Gasteiger partial charge in [-0.05, 0) is 33.6 Å². The van der Waals surface area contributed by atoms with Crippen molar-refractivity contribution in [2.24, 2.45) is 11.7 Å². The van der Waals surface area contributed by atoms with Crippen molar-refractivity contribution in [2.75, 3.05) is 19.6 Å². The molecule has 2 saturated heterocycles. The number of carbonyl (C=O) groups excluding carboxylic acids is 1. The van der Waals surface area contributed by atoms with Crippen LogP contribution in [0.25, 0.3) is 0 Å². The first-order valence-electron chi connectivity index (χ1n) is 6.72. The number of hydrogen-bond donors (Lipinski definition) is 1. The van der Waals surface area contributed by atoms with Crippen molar-refractivity contribution in [1.29, 1.82) is 0 Å². The zero-order chi connectivity index (χ0) is 13.3. The first kappa shape index (κ1) is 13.6. The summed E-state index contributed by atoms with van der Waals surface area (Å²) in [7, 11) is 0. The molecule has 1 amide bonds. The van der Waals surface area contributed by atoms with Gasteiger partial charge in [-0.2, -0.15) is 0 Å². The van der Waals surface area contributed by atoms with E-state index in [0.717, 1.165) is 19.4 Å². The molecule has 18 heavy (non-hydrogen) atoms. The lowest BCUT2D eigenvalue weighted by molar-refractivity contribution is -0.0584. The molecule has 0 saturated carbocycles. The molecule has 104 valence electrons. The summed E-state index contributed by atoms with van der Waals surface area (Å²) in [5, 5.41) is 0. The molecule has 0 aromatic carbocycles. The molecular weight excluding hydrogens is 232 g/mol. The molecule has 2 aliphatic heterocycles. The third-order valence-corrected chi connectivity index (χ3v) is 3.52. The number of rotatable bonds is 1. The Labute approximate surface area is 109 Å². The van der Waals surface area contributed by atoms with Crippen LogP contribution in [0.15, 0.2) is 0 Å². The average molecular weight is 256 g/mol. The molecule has 2 N–H and O–H groups in total. The maximum absolute atomic E-state index is 12.0. The Morgan fingerprint density at radius 2 is 2.11 bits per heavy atom. The van der Waals surface area contributed by atoms with Crippen LogP contribution < -0.4 is 5.73 Å².